The third-order valence-corrected chi connectivity index (χ3v) is 2.64. The Bertz CT molecular complexity index is 184. The molecule has 4 heteroatoms. The van der Waals surface area contributed by atoms with Gasteiger partial charge in [-0.1, -0.05) is 0 Å². The number of methoxy groups -OCH3 is 1. The molecule has 0 aliphatic carbocycles. The van der Waals surface area contributed by atoms with E-state index in [0.29, 0.717) is 5.92 Å². The van der Waals surface area contributed by atoms with Crippen molar-refractivity contribution < 1.29 is 14.6 Å². The van der Waals surface area contributed by atoms with E-state index in [1.54, 1.807) is 7.11 Å². The summed E-state index contributed by atoms with van der Waals surface area (Å²) in [6.07, 6.45) is 2.22. The minimum Gasteiger partial charge on any atom is -0.481 e. The number of carboxylic acid groups (broad SMARTS) is 1. The first-order valence-corrected chi connectivity index (χ1v) is 5.15. The minimum atomic E-state index is -0.697. The van der Waals surface area contributed by atoms with Crippen LogP contribution in [0.5, 0.6) is 0 Å². The summed E-state index contributed by atoms with van der Waals surface area (Å²) in [6, 6.07) is 0. The summed E-state index contributed by atoms with van der Waals surface area (Å²) >= 11 is 0. The number of rotatable bonds is 6. The maximum absolute atomic E-state index is 10.3. The Balaban J connectivity index is 2.07. The molecule has 0 aromatic carbocycles. The number of hydrogen-bond acceptors (Lipinski definition) is 3. The van der Waals surface area contributed by atoms with Crippen LogP contribution in [-0.2, 0) is 9.53 Å². The lowest BCUT2D eigenvalue weighted by atomic mass is 10.1. The maximum Gasteiger partial charge on any atom is 0.303 e. The van der Waals surface area contributed by atoms with Crippen LogP contribution in [0.3, 0.4) is 0 Å². The van der Waals surface area contributed by atoms with Crippen LogP contribution in [0.15, 0.2) is 0 Å². The lowest BCUT2D eigenvalue weighted by Gasteiger charge is -2.14. The van der Waals surface area contributed by atoms with E-state index in [-0.39, 0.29) is 6.42 Å². The van der Waals surface area contributed by atoms with Crippen molar-refractivity contribution in [2.45, 2.75) is 19.3 Å². The summed E-state index contributed by atoms with van der Waals surface area (Å²) in [5, 5.41) is 8.49. The van der Waals surface area contributed by atoms with Crippen LogP contribution >= 0.6 is 0 Å². The zero-order valence-corrected chi connectivity index (χ0v) is 8.74. The van der Waals surface area contributed by atoms with Gasteiger partial charge in [0.15, 0.2) is 0 Å². The zero-order chi connectivity index (χ0) is 10.4. The quantitative estimate of drug-likeness (QED) is 0.691. The molecular formula is C10H19NO3. The molecule has 1 rings (SSSR count). The van der Waals surface area contributed by atoms with Crippen molar-refractivity contribution in [3.63, 3.8) is 0 Å². The number of nitrogens with zero attached hydrogens (tertiary/aromatic N) is 1. The van der Waals surface area contributed by atoms with Gasteiger partial charge in [0, 0.05) is 20.1 Å². The largest absolute Gasteiger partial charge is 0.481 e. The monoisotopic (exact) mass is 201 g/mol. The first kappa shape index (κ1) is 11.5. The number of carbonyl (C=O) groups is 1. The van der Waals surface area contributed by atoms with Crippen LogP contribution in [0.4, 0.5) is 0 Å². The van der Waals surface area contributed by atoms with Crippen LogP contribution < -0.4 is 0 Å². The van der Waals surface area contributed by atoms with E-state index in [1.807, 2.05) is 0 Å². The van der Waals surface area contributed by atoms with Gasteiger partial charge >= 0.3 is 5.97 Å². The van der Waals surface area contributed by atoms with Crippen LogP contribution in [0.1, 0.15) is 19.3 Å². The molecular weight excluding hydrogens is 182 g/mol. The highest BCUT2D eigenvalue weighted by Gasteiger charge is 2.21. The van der Waals surface area contributed by atoms with Gasteiger partial charge in [-0.25, -0.2) is 0 Å². The van der Waals surface area contributed by atoms with E-state index < -0.39 is 5.97 Å². The van der Waals surface area contributed by atoms with Crippen LogP contribution in [0.2, 0.25) is 0 Å². The first-order valence-electron chi connectivity index (χ1n) is 5.15. The molecule has 14 heavy (non-hydrogen) atoms. The topological polar surface area (TPSA) is 49.8 Å². The van der Waals surface area contributed by atoms with Crippen molar-refractivity contribution in [1.29, 1.82) is 0 Å². The normalized spacial score (nSPS) is 22.8. The molecule has 1 fully saturated rings. The molecule has 0 spiro atoms. The summed E-state index contributed by atoms with van der Waals surface area (Å²) in [7, 11) is 1.73. The van der Waals surface area contributed by atoms with E-state index in [4.69, 9.17) is 9.84 Å². The highest BCUT2D eigenvalue weighted by atomic mass is 16.5. The molecule has 1 atom stereocenters. The fourth-order valence-corrected chi connectivity index (χ4v) is 1.94. The standard InChI is InChI=1S/C10H19NO3/c1-14-8-9-4-6-11(7-9)5-2-3-10(12)13/h9H,2-8H2,1H3,(H,12,13). The smallest absolute Gasteiger partial charge is 0.303 e. The van der Waals surface area contributed by atoms with E-state index in [9.17, 15) is 4.79 Å². The van der Waals surface area contributed by atoms with Crippen molar-refractivity contribution in [3.05, 3.63) is 0 Å². The lowest BCUT2D eigenvalue weighted by molar-refractivity contribution is -0.137. The second kappa shape index (κ2) is 5.98. The lowest BCUT2D eigenvalue weighted by Crippen LogP contribution is -2.23. The molecule has 4 nitrogen and oxygen atoms in total. The molecule has 0 aromatic rings. The van der Waals surface area contributed by atoms with Crippen molar-refractivity contribution >= 4 is 5.97 Å². The minimum absolute atomic E-state index is 0.283. The Kier molecular flexibility index (Phi) is 4.90. The van der Waals surface area contributed by atoms with Gasteiger partial charge in [0.25, 0.3) is 0 Å². The Morgan fingerprint density at radius 1 is 1.64 bits per heavy atom. The predicted octanol–water partition coefficient (Wildman–Crippen LogP) is 0.820. The fraction of sp³-hybridized carbons (Fsp3) is 0.900. The van der Waals surface area contributed by atoms with Gasteiger partial charge in [-0.05, 0) is 31.8 Å². The Morgan fingerprint density at radius 2 is 2.43 bits per heavy atom. The Morgan fingerprint density at radius 3 is 3.07 bits per heavy atom. The fourth-order valence-electron chi connectivity index (χ4n) is 1.94. The van der Waals surface area contributed by atoms with Gasteiger partial charge in [-0.15, -0.1) is 0 Å². The third-order valence-electron chi connectivity index (χ3n) is 2.64. The number of aliphatic carboxylic acids is 1. The van der Waals surface area contributed by atoms with Crippen molar-refractivity contribution in [3.8, 4) is 0 Å². The molecule has 1 heterocycles. The highest BCUT2D eigenvalue weighted by molar-refractivity contribution is 5.66. The molecule has 0 amide bonds. The van der Waals surface area contributed by atoms with Gasteiger partial charge in [0.2, 0.25) is 0 Å². The molecule has 1 saturated heterocycles. The van der Waals surface area contributed by atoms with Crippen molar-refractivity contribution in [2.75, 3.05) is 33.4 Å². The summed E-state index contributed by atoms with van der Waals surface area (Å²) in [4.78, 5) is 12.6. The third kappa shape index (κ3) is 4.07. The van der Waals surface area contributed by atoms with Crippen LogP contribution in [0, 0.1) is 5.92 Å². The average molecular weight is 201 g/mol. The second-order valence-electron chi connectivity index (χ2n) is 3.91. The zero-order valence-electron chi connectivity index (χ0n) is 8.74. The Hall–Kier alpha value is -0.610. The summed E-state index contributed by atoms with van der Waals surface area (Å²) in [6.45, 7) is 3.89. The SMILES string of the molecule is COCC1CCN(CCCC(=O)O)C1. The first-order chi connectivity index (χ1) is 6.72. The van der Waals surface area contributed by atoms with Gasteiger partial charge in [-0.2, -0.15) is 0 Å². The van der Waals surface area contributed by atoms with Gasteiger partial charge in [-0.3, -0.25) is 4.79 Å². The molecule has 0 radical (unpaired) electrons. The van der Waals surface area contributed by atoms with Gasteiger partial charge in [0.05, 0.1) is 6.61 Å². The highest BCUT2D eigenvalue weighted by Crippen LogP contribution is 2.16. The summed E-state index contributed by atoms with van der Waals surface area (Å²) in [5.41, 5.74) is 0. The Labute approximate surface area is 84.8 Å². The number of likely N-dealkylation sites (tertiary alicyclic amines) is 1. The van der Waals surface area contributed by atoms with Gasteiger partial charge in [0.1, 0.15) is 0 Å². The second-order valence-corrected chi connectivity index (χ2v) is 3.91. The number of carboxylic acids is 1. The summed E-state index contributed by atoms with van der Waals surface area (Å²) < 4.78 is 5.10. The van der Waals surface area contributed by atoms with Crippen molar-refractivity contribution in [1.82, 2.24) is 4.90 Å². The molecule has 0 saturated carbocycles. The predicted molar refractivity (Wildman–Crippen MR) is 53.3 cm³/mol. The summed E-state index contributed by atoms with van der Waals surface area (Å²) in [5.74, 6) is -0.0533. The average Bonchev–Trinajstić information content (AvgIpc) is 2.53. The van der Waals surface area contributed by atoms with Crippen LogP contribution in [-0.4, -0.2) is 49.3 Å². The molecule has 0 bridgehead atoms. The van der Waals surface area contributed by atoms with Crippen molar-refractivity contribution in [2.24, 2.45) is 5.92 Å². The van der Waals surface area contributed by atoms with Crippen LogP contribution in [0.25, 0.3) is 0 Å². The molecule has 1 aliphatic heterocycles. The number of hydrogen-bond donors (Lipinski definition) is 1. The molecule has 0 aromatic heterocycles. The molecule has 1 aliphatic rings. The molecule has 1 unspecified atom stereocenters. The number of ether oxygens (including phenoxy) is 1. The van der Waals surface area contributed by atoms with Gasteiger partial charge < -0.3 is 14.7 Å². The van der Waals surface area contributed by atoms with E-state index >= 15 is 0 Å². The van der Waals surface area contributed by atoms with E-state index in [1.165, 1.54) is 6.42 Å². The van der Waals surface area contributed by atoms with E-state index in [2.05, 4.69) is 4.90 Å². The van der Waals surface area contributed by atoms with E-state index in [0.717, 1.165) is 32.7 Å². The maximum atomic E-state index is 10.3. The molecule has 1 N–H and O–H groups in total. The molecule has 82 valence electrons.